The molecule has 1 aromatic carbocycles. The molecule has 0 N–H and O–H groups in total. The minimum Gasteiger partial charge on any atom is -1.00 e. The minimum atomic E-state index is 0. The number of benzene rings is 1. The van der Waals surface area contributed by atoms with Crippen LogP contribution in [0.5, 0.6) is 0 Å². The molecule has 0 aliphatic heterocycles. The van der Waals surface area contributed by atoms with Crippen LogP contribution in [0.4, 0.5) is 0 Å². The van der Waals surface area contributed by atoms with Crippen LogP contribution in [0.1, 0.15) is 11.3 Å². The highest BCUT2D eigenvalue weighted by atomic mass is 127. The summed E-state index contributed by atoms with van der Waals surface area (Å²) < 4.78 is 3.58. The van der Waals surface area contributed by atoms with Crippen molar-refractivity contribution in [1.82, 2.24) is 0 Å². The summed E-state index contributed by atoms with van der Waals surface area (Å²) in [5.74, 6) is 0. The number of pyridine rings is 1. The number of fused-ring (bicyclic) bond motifs is 1. The van der Waals surface area contributed by atoms with Crippen molar-refractivity contribution in [2.24, 2.45) is 7.05 Å². The van der Waals surface area contributed by atoms with Crippen molar-refractivity contribution in [3.8, 4) is 0 Å². The normalized spacial score (nSPS) is 10.1. The molecular weight excluding hydrogens is 385 g/mol. The van der Waals surface area contributed by atoms with Gasteiger partial charge in [-0.1, -0.05) is 11.6 Å². The molecule has 0 radical (unpaired) electrons. The summed E-state index contributed by atoms with van der Waals surface area (Å²) in [5.41, 5.74) is 3.82. The number of thioether (sulfide) groups is 2. The molecule has 0 amide bonds. The maximum Gasteiger partial charge on any atom is 0.212 e. The quantitative estimate of drug-likeness (QED) is 0.556. The van der Waals surface area contributed by atoms with E-state index >= 15 is 0 Å². The van der Waals surface area contributed by atoms with Gasteiger partial charge in [-0.2, -0.15) is 4.57 Å². The lowest BCUT2D eigenvalue weighted by atomic mass is 10.1. The molecule has 19 heavy (non-hydrogen) atoms. The summed E-state index contributed by atoms with van der Waals surface area (Å²) >= 11 is 3.58. The van der Waals surface area contributed by atoms with Crippen molar-refractivity contribution in [3.63, 3.8) is 0 Å². The standard InChI is InChI=1S/C15H18NS2.HI/c1-11-5-8-14-12(9-11)6-7-13(16(14)2)10-15(17-3)18-4;/h5-10H,1-4H3;1H/q+1;/p-1. The van der Waals surface area contributed by atoms with E-state index in [1.54, 1.807) is 23.5 Å². The second kappa shape index (κ2) is 7.55. The zero-order valence-electron chi connectivity index (χ0n) is 11.6. The summed E-state index contributed by atoms with van der Waals surface area (Å²) in [7, 11) is 2.13. The van der Waals surface area contributed by atoms with Gasteiger partial charge < -0.3 is 24.0 Å². The molecule has 0 unspecified atom stereocenters. The Kier molecular flexibility index (Phi) is 6.69. The van der Waals surface area contributed by atoms with Crippen molar-refractivity contribution in [2.45, 2.75) is 6.92 Å². The van der Waals surface area contributed by atoms with Crippen LogP contribution in [0.2, 0.25) is 0 Å². The van der Waals surface area contributed by atoms with Crippen LogP contribution in [0.15, 0.2) is 34.6 Å². The Labute approximate surface area is 140 Å². The van der Waals surface area contributed by atoms with E-state index in [1.807, 2.05) is 0 Å². The number of nitrogens with zero attached hydrogens (tertiary/aromatic N) is 1. The zero-order chi connectivity index (χ0) is 13.1. The van der Waals surface area contributed by atoms with Gasteiger partial charge in [-0.05, 0) is 31.6 Å². The Bertz CT molecular complexity index is 602. The first-order valence-corrected chi connectivity index (χ1v) is 8.29. The maximum absolute atomic E-state index is 2.25. The van der Waals surface area contributed by atoms with Crippen LogP contribution in [-0.2, 0) is 7.05 Å². The largest absolute Gasteiger partial charge is 1.00 e. The predicted octanol–water partition coefficient (Wildman–Crippen LogP) is 1.00. The number of halogens is 1. The summed E-state index contributed by atoms with van der Waals surface area (Å²) in [6.45, 7) is 2.13. The van der Waals surface area contributed by atoms with Crippen LogP contribution >= 0.6 is 23.5 Å². The van der Waals surface area contributed by atoms with Crippen molar-refractivity contribution >= 4 is 40.5 Å². The van der Waals surface area contributed by atoms with Crippen LogP contribution in [0.3, 0.4) is 0 Å². The third kappa shape index (κ3) is 3.89. The van der Waals surface area contributed by atoms with E-state index in [1.165, 1.54) is 26.4 Å². The first-order chi connectivity index (χ1) is 8.65. The molecule has 0 aliphatic carbocycles. The third-order valence-corrected chi connectivity index (χ3v) is 5.07. The topological polar surface area (TPSA) is 3.88 Å². The lowest BCUT2D eigenvalue weighted by Crippen LogP contribution is -3.00. The van der Waals surface area contributed by atoms with Crippen LogP contribution in [0, 0.1) is 6.92 Å². The highest BCUT2D eigenvalue weighted by Gasteiger charge is 2.10. The molecule has 2 rings (SSSR count). The molecular formula is C15H18INS2. The van der Waals surface area contributed by atoms with Gasteiger partial charge in [-0.25, -0.2) is 0 Å². The van der Waals surface area contributed by atoms with E-state index in [0.717, 1.165) is 0 Å². The fourth-order valence-corrected chi connectivity index (χ4v) is 3.15. The summed E-state index contributed by atoms with van der Waals surface area (Å²) in [4.78, 5) is 0. The minimum absolute atomic E-state index is 0. The Morgan fingerprint density at radius 2 is 1.79 bits per heavy atom. The van der Waals surface area contributed by atoms with Crippen molar-refractivity contribution < 1.29 is 28.5 Å². The smallest absolute Gasteiger partial charge is 0.212 e. The molecule has 2 aromatic rings. The summed E-state index contributed by atoms with van der Waals surface area (Å²) in [6, 6.07) is 11.0. The molecule has 1 nitrogen and oxygen atoms in total. The van der Waals surface area contributed by atoms with Gasteiger partial charge in [0.15, 0.2) is 0 Å². The fraction of sp³-hybridized carbons (Fsp3) is 0.267. The molecule has 1 aromatic heterocycles. The zero-order valence-corrected chi connectivity index (χ0v) is 15.4. The van der Waals surface area contributed by atoms with Gasteiger partial charge in [0, 0.05) is 27.8 Å². The first-order valence-electron chi connectivity index (χ1n) is 5.85. The average molecular weight is 403 g/mol. The molecule has 0 fully saturated rings. The Morgan fingerprint density at radius 1 is 1.11 bits per heavy atom. The summed E-state index contributed by atoms with van der Waals surface area (Å²) in [6.07, 6.45) is 6.48. The number of hydrogen-bond acceptors (Lipinski definition) is 2. The van der Waals surface area contributed by atoms with Gasteiger partial charge in [-0.15, -0.1) is 23.5 Å². The molecule has 0 atom stereocenters. The summed E-state index contributed by atoms with van der Waals surface area (Å²) in [5, 5.41) is 1.30. The molecule has 102 valence electrons. The number of rotatable bonds is 3. The van der Waals surface area contributed by atoms with E-state index in [9.17, 15) is 0 Å². The van der Waals surface area contributed by atoms with E-state index in [2.05, 4.69) is 67.5 Å². The Morgan fingerprint density at radius 3 is 2.42 bits per heavy atom. The SMILES string of the molecule is CSC(=Cc1ccc2cc(C)ccc2[n+]1C)SC.[I-]. The van der Waals surface area contributed by atoms with E-state index in [0.29, 0.717) is 0 Å². The number of aryl methyl sites for hydroxylation is 2. The van der Waals surface area contributed by atoms with Gasteiger partial charge >= 0.3 is 0 Å². The monoisotopic (exact) mass is 403 g/mol. The Hall–Kier alpha value is -0.200. The highest BCUT2D eigenvalue weighted by Crippen LogP contribution is 2.25. The third-order valence-electron chi connectivity index (χ3n) is 3.03. The van der Waals surface area contributed by atoms with Crippen LogP contribution in [0.25, 0.3) is 17.0 Å². The van der Waals surface area contributed by atoms with E-state index in [-0.39, 0.29) is 24.0 Å². The number of aromatic nitrogens is 1. The second-order valence-electron chi connectivity index (χ2n) is 4.25. The van der Waals surface area contributed by atoms with E-state index in [4.69, 9.17) is 0 Å². The van der Waals surface area contributed by atoms with Crippen LogP contribution in [-0.4, -0.2) is 12.5 Å². The number of hydrogen-bond donors (Lipinski definition) is 0. The molecule has 0 saturated heterocycles. The molecule has 0 spiro atoms. The van der Waals surface area contributed by atoms with Crippen LogP contribution < -0.4 is 28.5 Å². The predicted molar refractivity (Wildman–Crippen MR) is 84.9 cm³/mol. The molecule has 0 aliphatic rings. The van der Waals surface area contributed by atoms with E-state index < -0.39 is 0 Å². The van der Waals surface area contributed by atoms with Crippen molar-refractivity contribution in [3.05, 3.63) is 45.8 Å². The van der Waals surface area contributed by atoms with Gasteiger partial charge in [0.25, 0.3) is 0 Å². The highest BCUT2D eigenvalue weighted by molar-refractivity contribution is 8.21. The van der Waals surface area contributed by atoms with Crippen molar-refractivity contribution in [2.75, 3.05) is 12.5 Å². The average Bonchev–Trinajstić information content (AvgIpc) is 2.38. The Balaban J connectivity index is 0.00000180. The van der Waals surface area contributed by atoms with Gasteiger partial charge in [0.1, 0.15) is 7.05 Å². The molecule has 0 bridgehead atoms. The fourth-order valence-electron chi connectivity index (χ4n) is 2.01. The molecule has 1 heterocycles. The maximum atomic E-state index is 2.25. The molecule has 4 heteroatoms. The molecule has 0 saturated carbocycles. The van der Waals surface area contributed by atoms with Gasteiger partial charge in [0.2, 0.25) is 11.2 Å². The second-order valence-corrected chi connectivity index (χ2v) is 6.21. The first kappa shape index (κ1) is 16.9. The van der Waals surface area contributed by atoms with Gasteiger partial charge in [-0.3, -0.25) is 0 Å². The lowest BCUT2D eigenvalue weighted by molar-refractivity contribution is -0.646. The van der Waals surface area contributed by atoms with Gasteiger partial charge in [0.05, 0.1) is 0 Å². The van der Waals surface area contributed by atoms with Crippen molar-refractivity contribution in [1.29, 1.82) is 0 Å². The lowest BCUT2D eigenvalue weighted by Gasteiger charge is -2.03.